The van der Waals surface area contributed by atoms with Crippen LogP contribution in [0.3, 0.4) is 0 Å². The quantitative estimate of drug-likeness (QED) is 0.266. The van der Waals surface area contributed by atoms with E-state index >= 15 is 0 Å². The van der Waals surface area contributed by atoms with Gasteiger partial charge in [0.2, 0.25) is 0 Å². The second-order valence-corrected chi connectivity index (χ2v) is 7.70. The number of rotatable bonds is 8. The molecule has 0 aliphatic carbocycles. The SMILES string of the molecule is CCN(CC)c1cccc(/C=C/c2ccc(N(c3ccccc3)c3ccccc3)cc2)c1. The topological polar surface area (TPSA) is 6.48 Å². The molecule has 0 saturated carbocycles. The minimum Gasteiger partial charge on any atom is -0.372 e. The van der Waals surface area contributed by atoms with E-state index in [0.717, 1.165) is 30.2 Å². The van der Waals surface area contributed by atoms with Crippen molar-refractivity contribution in [3.05, 3.63) is 120 Å². The summed E-state index contributed by atoms with van der Waals surface area (Å²) in [4.78, 5) is 4.65. The Morgan fingerprint density at radius 1 is 0.500 bits per heavy atom. The summed E-state index contributed by atoms with van der Waals surface area (Å²) in [6, 6.07) is 38.4. The minimum absolute atomic E-state index is 1.02. The third-order valence-electron chi connectivity index (χ3n) is 5.65. The van der Waals surface area contributed by atoms with Crippen LogP contribution in [-0.2, 0) is 0 Å². The molecular weight excluding hydrogens is 388 g/mol. The van der Waals surface area contributed by atoms with E-state index in [-0.39, 0.29) is 0 Å². The van der Waals surface area contributed by atoms with Crippen molar-refractivity contribution in [2.24, 2.45) is 0 Å². The maximum absolute atomic E-state index is 2.37. The summed E-state index contributed by atoms with van der Waals surface area (Å²) in [5.41, 5.74) is 7.11. The molecule has 0 aromatic heterocycles. The molecule has 0 saturated heterocycles. The fraction of sp³-hybridized carbons (Fsp3) is 0.133. The first-order chi connectivity index (χ1) is 15.8. The Kier molecular flexibility index (Phi) is 7.04. The molecule has 0 bridgehead atoms. The summed E-state index contributed by atoms with van der Waals surface area (Å²) in [7, 11) is 0. The van der Waals surface area contributed by atoms with Gasteiger partial charge in [0.15, 0.2) is 0 Å². The lowest BCUT2D eigenvalue weighted by atomic mass is 10.1. The van der Waals surface area contributed by atoms with E-state index in [1.165, 1.54) is 16.8 Å². The predicted octanol–water partition coefficient (Wildman–Crippen LogP) is 8.17. The largest absolute Gasteiger partial charge is 0.372 e. The van der Waals surface area contributed by atoms with Gasteiger partial charge in [0.05, 0.1) is 0 Å². The van der Waals surface area contributed by atoms with E-state index in [0.29, 0.717) is 0 Å². The Morgan fingerprint density at radius 2 is 1.00 bits per heavy atom. The standard InChI is InChI=1S/C30H30N2/c1-3-31(4-2)30-17-11-12-26(24-30)19-18-25-20-22-29(23-21-25)32(27-13-7-5-8-14-27)28-15-9-6-10-16-28/h5-24H,3-4H2,1-2H3/b19-18+. The molecule has 160 valence electrons. The van der Waals surface area contributed by atoms with Gasteiger partial charge >= 0.3 is 0 Å². The van der Waals surface area contributed by atoms with E-state index in [1.807, 2.05) is 0 Å². The average molecular weight is 419 g/mol. The highest BCUT2D eigenvalue weighted by molar-refractivity contribution is 5.78. The summed E-state index contributed by atoms with van der Waals surface area (Å²) in [6.45, 7) is 6.43. The van der Waals surface area contributed by atoms with Crippen LogP contribution < -0.4 is 9.80 Å². The predicted molar refractivity (Wildman–Crippen MR) is 140 cm³/mol. The van der Waals surface area contributed by atoms with Gasteiger partial charge in [-0.15, -0.1) is 0 Å². The van der Waals surface area contributed by atoms with Crippen molar-refractivity contribution in [1.82, 2.24) is 0 Å². The van der Waals surface area contributed by atoms with Gasteiger partial charge in [0.25, 0.3) is 0 Å². The number of para-hydroxylation sites is 2. The first kappa shape index (κ1) is 21.5. The first-order valence-corrected chi connectivity index (χ1v) is 11.3. The summed E-state index contributed by atoms with van der Waals surface area (Å²) in [5.74, 6) is 0. The molecule has 0 amide bonds. The first-order valence-electron chi connectivity index (χ1n) is 11.3. The van der Waals surface area contributed by atoms with Gasteiger partial charge in [-0.1, -0.05) is 72.8 Å². The summed E-state index contributed by atoms with van der Waals surface area (Å²) < 4.78 is 0. The van der Waals surface area contributed by atoms with Crippen molar-refractivity contribution in [1.29, 1.82) is 0 Å². The molecule has 0 aliphatic rings. The molecule has 4 rings (SSSR count). The molecule has 4 aromatic rings. The number of benzene rings is 4. The molecule has 4 aromatic carbocycles. The lowest BCUT2D eigenvalue weighted by Gasteiger charge is -2.25. The van der Waals surface area contributed by atoms with Crippen LogP contribution in [0, 0.1) is 0 Å². The zero-order valence-corrected chi connectivity index (χ0v) is 18.9. The maximum Gasteiger partial charge on any atom is 0.0462 e. The molecule has 0 radical (unpaired) electrons. The maximum atomic E-state index is 2.37. The molecule has 2 heteroatoms. The number of anilines is 4. The smallest absolute Gasteiger partial charge is 0.0462 e. The molecule has 0 heterocycles. The van der Waals surface area contributed by atoms with E-state index in [9.17, 15) is 0 Å². The van der Waals surface area contributed by atoms with Gasteiger partial charge < -0.3 is 9.80 Å². The molecule has 0 N–H and O–H groups in total. The van der Waals surface area contributed by atoms with Crippen LogP contribution in [0.25, 0.3) is 12.2 Å². The Morgan fingerprint density at radius 3 is 1.56 bits per heavy atom. The van der Waals surface area contributed by atoms with Crippen molar-refractivity contribution in [2.75, 3.05) is 22.9 Å². The average Bonchev–Trinajstić information content (AvgIpc) is 2.86. The summed E-state index contributed by atoms with van der Waals surface area (Å²) in [5, 5.41) is 0. The van der Waals surface area contributed by atoms with Crippen LogP contribution in [0.4, 0.5) is 22.7 Å². The third-order valence-corrected chi connectivity index (χ3v) is 5.65. The molecule has 0 aliphatic heterocycles. The van der Waals surface area contributed by atoms with Crippen molar-refractivity contribution >= 4 is 34.9 Å². The zero-order valence-electron chi connectivity index (χ0n) is 18.9. The number of nitrogens with zero attached hydrogens (tertiary/aromatic N) is 2. The second kappa shape index (κ2) is 10.5. The van der Waals surface area contributed by atoms with Gasteiger partial charge in [0.1, 0.15) is 0 Å². The van der Waals surface area contributed by atoms with Crippen LogP contribution in [0.15, 0.2) is 109 Å². The van der Waals surface area contributed by atoms with Crippen LogP contribution in [0.1, 0.15) is 25.0 Å². The van der Waals surface area contributed by atoms with Gasteiger partial charge in [0, 0.05) is 35.8 Å². The van der Waals surface area contributed by atoms with Gasteiger partial charge in [-0.25, -0.2) is 0 Å². The van der Waals surface area contributed by atoms with Gasteiger partial charge in [-0.3, -0.25) is 0 Å². The molecule has 0 spiro atoms. The van der Waals surface area contributed by atoms with Crippen molar-refractivity contribution in [3.8, 4) is 0 Å². The van der Waals surface area contributed by atoms with E-state index in [1.54, 1.807) is 0 Å². The van der Waals surface area contributed by atoms with Crippen molar-refractivity contribution in [3.63, 3.8) is 0 Å². The Bertz CT molecular complexity index is 1090. The normalized spacial score (nSPS) is 10.9. The molecule has 0 atom stereocenters. The fourth-order valence-electron chi connectivity index (χ4n) is 3.94. The molecular formula is C30H30N2. The number of hydrogen-bond acceptors (Lipinski definition) is 2. The zero-order chi connectivity index (χ0) is 22.2. The van der Waals surface area contributed by atoms with E-state index < -0.39 is 0 Å². The summed E-state index contributed by atoms with van der Waals surface area (Å²) in [6.07, 6.45) is 4.37. The third kappa shape index (κ3) is 5.09. The monoisotopic (exact) mass is 418 g/mol. The lowest BCUT2D eigenvalue weighted by Crippen LogP contribution is -2.21. The molecule has 2 nitrogen and oxygen atoms in total. The molecule has 0 unspecified atom stereocenters. The van der Waals surface area contributed by atoms with Crippen molar-refractivity contribution in [2.45, 2.75) is 13.8 Å². The lowest BCUT2D eigenvalue weighted by molar-refractivity contribution is 0.866. The summed E-state index contributed by atoms with van der Waals surface area (Å²) >= 11 is 0. The Balaban J connectivity index is 1.58. The highest BCUT2D eigenvalue weighted by Crippen LogP contribution is 2.34. The number of hydrogen-bond donors (Lipinski definition) is 0. The Hall–Kier alpha value is -3.78. The van der Waals surface area contributed by atoms with E-state index in [2.05, 4.69) is 145 Å². The highest BCUT2D eigenvalue weighted by Gasteiger charge is 2.11. The fourth-order valence-corrected chi connectivity index (χ4v) is 3.94. The van der Waals surface area contributed by atoms with Crippen LogP contribution in [0.5, 0.6) is 0 Å². The highest BCUT2D eigenvalue weighted by atomic mass is 15.1. The van der Waals surface area contributed by atoms with E-state index in [4.69, 9.17) is 0 Å². The second-order valence-electron chi connectivity index (χ2n) is 7.70. The van der Waals surface area contributed by atoms with Gasteiger partial charge in [-0.05, 0) is 73.5 Å². The van der Waals surface area contributed by atoms with Crippen LogP contribution in [0.2, 0.25) is 0 Å². The molecule has 32 heavy (non-hydrogen) atoms. The molecule has 0 fully saturated rings. The van der Waals surface area contributed by atoms with Crippen molar-refractivity contribution < 1.29 is 0 Å². The Labute approximate surface area is 192 Å². The van der Waals surface area contributed by atoms with Gasteiger partial charge in [-0.2, -0.15) is 0 Å². The van der Waals surface area contributed by atoms with Crippen LogP contribution in [-0.4, -0.2) is 13.1 Å². The minimum atomic E-state index is 1.02. The van der Waals surface area contributed by atoms with Crippen LogP contribution >= 0.6 is 0 Å².